The Hall–Kier alpha value is -0.980. The Morgan fingerprint density at radius 1 is 1.25 bits per heavy atom. The molecule has 0 aliphatic heterocycles. The van der Waals surface area contributed by atoms with Crippen LogP contribution in [0.1, 0.15) is 26.3 Å². The Morgan fingerprint density at radius 3 is 2.42 bits per heavy atom. The minimum atomic E-state index is 0.195. The molecule has 0 bridgehead atoms. The predicted octanol–water partition coefficient (Wildman–Crippen LogP) is 3.02. The quantitative estimate of drug-likeness (QED) is 0.447. The highest BCUT2D eigenvalue weighted by Gasteiger charge is 2.14. The highest BCUT2D eigenvalue weighted by Crippen LogP contribution is 2.25. The Morgan fingerprint density at radius 2 is 1.92 bits per heavy atom. The Kier molecular flexibility index (Phi) is 2.41. The number of rotatable bonds is 1. The van der Waals surface area contributed by atoms with E-state index in [1.165, 1.54) is 5.56 Å². The van der Waals surface area contributed by atoms with Gasteiger partial charge in [0, 0.05) is 12.1 Å². The first-order chi connectivity index (χ1) is 5.54. The van der Waals surface area contributed by atoms with Crippen LogP contribution in [0.15, 0.2) is 24.3 Å². The Labute approximate surface area is 74.4 Å². The first-order valence-corrected chi connectivity index (χ1v) is 4.11. The molecule has 0 fully saturated rings. The first kappa shape index (κ1) is 9.11. The third-order valence-electron chi connectivity index (χ3n) is 1.89. The van der Waals surface area contributed by atoms with Crippen molar-refractivity contribution in [1.29, 1.82) is 0 Å². The fourth-order valence-electron chi connectivity index (χ4n) is 1.07. The van der Waals surface area contributed by atoms with E-state index in [9.17, 15) is 0 Å². The van der Waals surface area contributed by atoms with Crippen molar-refractivity contribution in [1.82, 2.24) is 0 Å². The zero-order valence-corrected chi connectivity index (χ0v) is 7.96. The van der Waals surface area contributed by atoms with E-state index in [1.807, 2.05) is 12.1 Å². The number of benzene rings is 1. The molecule has 1 N–H and O–H groups in total. The number of ether oxygens (including phenoxy) is 1. The van der Waals surface area contributed by atoms with Crippen LogP contribution < -0.4 is 0 Å². The molecule has 1 nitrogen and oxygen atoms in total. The van der Waals surface area contributed by atoms with E-state index in [4.69, 9.17) is 0 Å². The highest BCUT2D eigenvalue weighted by molar-refractivity contribution is 5.31. The Balaban J connectivity index is 3.02. The molecule has 1 aromatic carbocycles. The minimum absolute atomic E-state index is 0.195. The van der Waals surface area contributed by atoms with Crippen LogP contribution in [-0.2, 0) is 5.41 Å². The van der Waals surface area contributed by atoms with Crippen LogP contribution in [0.3, 0.4) is 0 Å². The van der Waals surface area contributed by atoms with Crippen LogP contribution in [0.4, 0.5) is 0 Å². The summed E-state index contributed by atoms with van der Waals surface area (Å²) in [6.45, 7) is 6.57. The van der Waals surface area contributed by atoms with E-state index in [-0.39, 0.29) is 5.41 Å². The summed E-state index contributed by atoms with van der Waals surface area (Å²) in [6, 6.07) is 8.18. The van der Waals surface area contributed by atoms with Gasteiger partial charge in [0.15, 0.2) is 0 Å². The van der Waals surface area contributed by atoms with Gasteiger partial charge in [-0.3, -0.25) is 0 Å². The van der Waals surface area contributed by atoms with Crippen LogP contribution >= 0.6 is 0 Å². The molecule has 66 valence electrons. The number of aromatic hydroxyl groups is 1. The molecule has 0 unspecified atom stereocenters. The fourth-order valence-corrected chi connectivity index (χ4v) is 1.07. The van der Waals surface area contributed by atoms with Crippen LogP contribution in [0.25, 0.3) is 0 Å². The summed E-state index contributed by atoms with van der Waals surface area (Å²) in [7, 11) is 3.50. The van der Waals surface area contributed by atoms with Gasteiger partial charge in [-0.1, -0.05) is 32.9 Å². The molecule has 0 heterocycles. The molecule has 0 aliphatic rings. The second-order valence-corrected chi connectivity index (χ2v) is 3.96. The van der Waals surface area contributed by atoms with Crippen molar-refractivity contribution in [3.63, 3.8) is 0 Å². The SMILES string of the molecule is [CH2-][OH+]c1cccc(C(C)(C)C)c1. The van der Waals surface area contributed by atoms with Crippen molar-refractivity contribution in [3.8, 4) is 5.75 Å². The molecule has 0 aromatic heterocycles. The number of aliphatic hydroxyl groups is 1. The lowest BCUT2D eigenvalue weighted by Gasteiger charge is -2.19. The van der Waals surface area contributed by atoms with E-state index in [0.29, 0.717) is 0 Å². The van der Waals surface area contributed by atoms with Gasteiger partial charge in [-0.05, 0) is 18.1 Å². The Bertz CT molecular complexity index is 258. The molecule has 0 aliphatic carbocycles. The molecule has 0 saturated heterocycles. The second kappa shape index (κ2) is 3.18. The van der Waals surface area contributed by atoms with Gasteiger partial charge in [0.05, 0.1) is 0 Å². The summed E-state index contributed by atoms with van der Waals surface area (Å²) in [6.07, 6.45) is 0. The first-order valence-electron chi connectivity index (χ1n) is 4.11. The summed E-state index contributed by atoms with van der Waals surface area (Å²) in [4.78, 5) is 0. The van der Waals surface area contributed by atoms with Crippen molar-refractivity contribution in [2.24, 2.45) is 0 Å². The third-order valence-corrected chi connectivity index (χ3v) is 1.89. The normalized spacial score (nSPS) is 11.3. The van der Waals surface area contributed by atoms with E-state index in [1.54, 1.807) is 0 Å². The largest absolute Gasteiger partial charge is 0.722 e. The van der Waals surface area contributed by atoms with Crippen molar-refractivity contribution in [2.75, 3.05) is 0 Å². The fraction of sp³-hybridized carbons (Fsp3) is 0.364. The maximum absolute atomic E-state index is 3.89. The van der Waals surface area contributed by atoms with Crippen molar-refractivity contribution in [3.05, 3.63) is 36.9 Å². The number of hydrogen-bond donors (Lipinski definition) is 0. The zero-order chi connectivity index (χ0) is 9.19. The summed E-state index contributed by atoms with van der Waals surface area (Å²) in [5, 5.41) is 0. The molecular weight excluding hydrogens is 148 g/mol. The molecule has 0 radical (unpaired) electrons. The van der Waals surface area contributed by atoms with Gasteiger partial charge < -0.3 is 4.74 Å². The van der Waals surface area contributed by atoms with Gasteiger partial charge in [0.2, 0.25) is 5.75 Å². The van der Waals surface area contributed by atoms with Gasteiger partial charge >= 0.3 is 0 Å². The average molecular weight is 164 g/mol. The third kappa shape index (κ3) is 2.00. The smallest absolute Gasteiger partial charge is 0.226 e. The standard InChI is InChI=1S/C11H16O/c1-11(2,3)9-6-5-7-10(8-9)12-4/h5-8,12H,4H2,1-3H3. The van der Waals surface area contributed by atoms with Crippen LogP contribution in [0, 0.1) is 7.11 Å². The van der Waals surface area contributed by atoms with E-state index in [2.05, 4.69) is 44.8 Å². The molecule has 1 rings (SSSR count). The van der Waals surface area contributed by atoms with Crippen molar-refractivity contribution in [2.45, 2.75) is 26.2 Å². The van der Waals surface area contributed by atoms with E-state index >= 15 is 0 Å². The highest BCUT2D eigenvalue weighted by atomic mass is 16.5. The lowest BCUT2D eigenvalue weighted by molar-refractivity contribution is 0.185. The van der Waals surface area contributed by atoms with Crippen LogP contribution in [0.5, 0.6) is 5.75 Å². The maximum Gasteiger partial charge on any atom is 0.226 e. The molecule has 12 heavy (non-hydrogen) atoms. The van der Waals surface area contributed by atoms with Crippen molar-refractivity contribution >= 4 is 0 Å². The average Bonchev–Trinajstić information content (AvgIpc) is 2.03. The van der Waals surface area contributed by atoms with Gasteiger partial charge in [-0.25, -0.2) is 0 Å². The molecule has 1 aromatic rings. The molecule has 1 heteroatoms. The lowest BCUT2D eigenvalue weighted by Crippen LogP contribution is -2.10. The maximum atomic E-state index is 3.89. The minimum Gasteiger partial charge on any atom is -0.722 e. The summed E-state index contributed by atoms with van der Waals surface area (Å²) < 4.78 is 3.89. The molecule has 0 spiro atoms. The summed E-state index contributed by atoms with van der Waals surface area (Å²) >= 11 is 0. The van der Waals surface area contributed by atoms with Crippen LogP contribution in [0.2, 0.25) is 0 Å². The summed E-state index contributed by atoms with van der Waals surface area (Å²) in [5.41, 5.74) is 1.49. The second-order valence-electron chi connectivity index (χ2n) is 3.96. The van der Waals surface area contributed by atoms with Gasteiger partial charge in [-0.15, -0.1) is 0 Å². The van der Waals surface area contributed by atoms with Crippen molar-refractivity contribution < 1.29 is 4.74 Å². The monoisotopic (exact) mass is 164 g/mol. The molecule has 0 amide bonds. The van der Waals surface area contributed by atoms with Gasteiger partial charge in [-0.2, -0.15) is 0 Å². The van der Waals surface area contributed by atoms with E-state index in [0.717, 1.165) is 5.75 Å². The molecular formula is C11H16O. The van der Waals surface area contributed by atoms with Gasteiger partial charge in [0.25, 0.3) is 0 Å². The van der Waals surface area contributed by atoms with Crippen LogP contribution in [-0.4, -0.2) is 4.74 Å². The van der Waals surface area contributed by atoms with E-state index < -0.39 is 0 Å². The van der Waals surface area contributed by atoms with Gasteiger partial charge in [0.1, 0.15) is 0 Å². The lowest BCUT2D eigenvalue weighted by atomic mass is 9.87. The zero-order valence-electron chi connectivity index (χ0n) is 7.96. The molecule has 0 atom stereocenters. The molecule has 0 saturated carbocycles. The number of hydrogen-bond acceptors (Lipinski definition) is 0. The topological polar surface area (TPSA) is 12.8 Å². The predicted molar refractivity (Wildman–Crippen MR) is 52.2 cm³/mol. The summed E-state index contributed by atoms with van der Waals surface area (Å²) in [5.74, 6) is 0.947.